The highest BCUT2D eigenvalue weighted by Crippen LogP contribution is 2.21. The van der Waals surface area contributed by atoms with Crippen LogP contribution in [0.3, 0.4) is 0 Å². The Morgan fingerprint density at radius 1 is 1.19 bits per heavy atom. The van der Waals surface area contributed by atoms with Crippen LogP contribution in [0.5, 0.6) is 0 Å². The van der Waals surface area contributed by atoms with Crippen molar-refractivity contribution in [3.05, 3.63) is 64.4 Å². The van der Waals surface area contributed by atoms with Crippen LogP contribution in [-0.2, 0) is 19.4 Å². The fourth-order valence-electron chi connectivity index (χ4n) is 2.22. The summed E-state index contributed by atoms with van der Waals surface area (Å²) in [6.45, 7) is 1.11. The molecule has 0 saturated carbocycles. The SMILES string of the molecule is C[C@@H](NC(=O)COC(=O)c1cc(S(C)(=O)=O)ccc1Cl)c1ccc(F)cc1. The highest BCUT2D eigenvalue weighted by Gasteiger charge is 2.18. The molecule has 0 fully saturated rings. The average Bonchev–Trinajstić information content (AvgIpc) is 2.59. The number of nitrogens with one attached hydrogen (secondary N) is 1. The summed E-state index contributed by atoms with van der Waals surface area (Å²) in [4.78, 5) is 24.0. The average molecular weight is 414 g/mol. The molecule has 0 bridgehead atoms. The largest absolute Gasteiger partial charge is 0.452 e. The second-order valence-electron chi connectivity index (χ2n) is 5.83. The molecule has 9 heteroatoms. The van der Waals surface area contributed by atoms with Crippen LogP contribution >= 0.6 is 11.6 Å². The third kappa shape index (κ3) is 5.77. The first-order chi connectivity index (χ1) is 12.6. The van der Waals surface area contributed by atoms with E-state index in [2.05, 4.69) is 5.32 Å². The molecule has 144 valence electrons. The number of esters is 1. The zero-order chi connectivity index (χ0) is 20.2. The van der Waals surface area contributed by atoms with Crippen LogP contribution in [0, 0.1) is 5.82 Å². The van der Waals surface area contributed by atoms with Crippen molar-refractivity contribution in [2.75, 3.05) is 12.9 Å². The van der Waals surface area contributed by atoms with E-state index in [0.29, 0.717) is 5.56 Å². The van der Waals surface area contributed by atoms with Crippen molar-refractivity contribution in [3.63, 3.8) is 0 Å². The van der Waals surface area contributed by atoms with Gasteiger partial charge in [-0.3, -0.25) is 4.79 Å². The first-order valence-electron chi connectivity index (χ1n) is 7.79. The van der Waals surface area contributed by atoms with Crippen molar-refractivity contribution < 1.29 is 27.1 Å². The first-order valence-corrected chi connectivity index (χ1v) is 10.1. The van der Waals surface area contributed by atoms with Gasteiger partial charge in [0.15, 0.2) is 16.4 Å². The molecular formula is C18H17ClFNO5S. The molecule has 0 heterocycles. The van der Waals surface area contributed by atoms with Gasteiger partial charge in [0.1, 0.15) is 5.82 Å². The standard InChI is InChI=1S/C18H17ClFNO5S/c1-11(12-3-5-13(20)6-4-12)21-17(22)10-26-18(23)15-9-14(27(2,24)25)7-8-16(15)19/h3-9,11H,10H2,1-2H3,(H,21,22)/t11-/m1/s1. The van der Waals surface area contributed by atoms with E-state index in [1.165, 1.54) is 36.4 Å². The molecule has 0 saturated heterocycles. The summed E-state index contributed by atoms with van der Waals surface area (Å²) in [5, 5.41) is 2.61. The lowest BCUT2D eigenvalue weighted by Crippen LogP contribution is -2.31. The van der Waals surface area contributed by atoms with Crippen molar-refractivity contribution in [1.82, 2.24) is 5.32 Å². The number of carbonyl (C=O) groups excluding carboxylic acids is 2. The quantitative estimate of drug-likeness (QED) is 0.735. The summed E-state index contributed by atoms with van der Waals surface area (Å²) in [6.07, 6.45) is 0.996. The lowest BCUT2D eigenvalue weighted by Gasteiger charge is -2.14. The predicted octanol–water partition coefficient (Wildman–Crippen LogP) is 2.92. The molecular weight excluding hydrogens is 397 g/mol. The van der Waals surface area contributed by atoms with Crippen molar-refractivity contribution in [1.29, 1.82) is 0 Å². The smallest absolute Gasteiger partial charge is 0.340 e. The Labute approximate surface area is 161 Å². The maximum absolute atomic E-state index is 12.9. The number of sulfone groups is 1. The number of hydrogen-bond donors (Lipinski definition) is 1. The zero-order valence-electron chi connectivity index (χ0n) is 14.5. The van der Waals surface area contributed by atoms with Gasteiger partial charge >= 0.3 is 5.97 Å². The Balaban J connectivity index is 1.99. The number of benzene rings is 2. The number of hydrogen-bond acceptors (Lipinski definition) is 5. The first kappa shape index (κ1) is 20.9. The normalized spacial score (nSPS) is 12.3. The van der Waals surface area contributed by atoms with E-state index in [4.69, 9.17) is 16.3 Å². The van der Waals surface area contributed by atoms with Crippen LogP contribution in [0.1, 0.15) is 28.9 Å². The van der Waals surface area contributed by atoms with Crippen LogP contribution in [0.4, 0.5) is 4.39 Å². The maximum Gasteiger partial charge on any atom is 0.340 e. The second kappa shape index (κ2) is 8.49. The lowest BCUT2D eigenvalue weighted by atomic mass is 10.1. The topological polar surface area (TPSA) is 89.5 Å². The highest BCUT2D eigenvalue weighted by atomic mass is 35.5. The zero-order valence-corrected chi connectivity index (χ0v) is 16.1. The van der Waals surface area contributed by atoms with E-state index < -0.39 is 34.4 Å². The molecule has 1 atom stereocenters. The Bertz CT molecular complexity index is 960. The molecule has 0 spiro atoms. The van der Waals surface area contributed by atoms with E-state index >= 15 is 0 Å². The van der Waals surface area contributed by atoms with Gasteiger partial charge in [0.05, 0.1) is 21.5 Å². The third-order valence-electron chi connectivity index (χ3n) is 3.67. The molecule has 0 aliphatic heterocycles. The molecule has 6 nitrogen and oxygen atoms in total. The molecule has 2 rings (SSSR count). The fraction of sp³-hybridized carbons (Fsp3) is 0.222. The molecule has 0 aromatic heterocycles. The van der Waals surface area contributed by atoms with Gasteiger partial charge in [0, 0.05) is 6.26 Å². The van der Waals surface area contributed by atoms with Crippen LogP contribution in [0.2, 0.25) is 5.02 Å². The summed E-state index contributed by atoms with van der Waals surface area (Å²) < 4.78 is 41.0. The monoisotopic (exact) mass is 413 g/mol. The molecule has 2 aromatic rings. The Hall–Kier alpha value is -2.45. The molecule has 2 aromatic carbocycles. The fourth-order valence-corrected chi connectivity index (χ4v) is 3.06. The van der Waals surface area contributed by atoms with Gasteiger partial charge < -0.3 is 10.1 Å². The molecule has 1 N–H and O–H groups in total. The van der Waals surface area contributed by atoms with Crippen LogP contribution in [0.15, 0.2) is 47.4 Å². The lowest BCUT2D eigenvalue weighted by molar-refractivity contribution is -0.124. The number of halogens is 2. The predicted molar refractivity (Wildman–Crippen MR) is 97.8 cm³/mol. The Morgan fingerprint density at radius 3 is 2.41 bits per heavy atom. The van der Waals surface area contributed by atoms with Crippen LogP contribution < -0.4 is 5.32 Å². The number of amides is 1. The van der Waals surface area contributed by atoms with Gasteiger partial charge in [-0.2, -0.15) is 0 Å². The van der Waals surface area contributed by atoms with Crippen molar-refractivity contribution in [2.24, 2.45) is 0 Å². The molecule has 1 amide bonds. The second-order valence-corrected chi connectivity index (χ2v) is 8.25. The van der Waals surface area contributed by atoms with Gasteiger partial charge in [-0.05, 0) is 42.8 Å². The van der Waals surface area contributed by atoms with E-state index in [0.717, 1.165) is 12.3 Å². The number of ether oxygens (including phenoxy) is 1. The van der Waals surface area contributed by atoms with E-state index in [1.807, 2.05) is 0 Å². The van der Waals surface area contributed by atoms with Crippen LogP contribution in [-0.4, -0.2) is 33.2 Å². The summed E-state index contributed by atoms with van der Waals surface area (Å²) in [6, 6.07) is 8.82. The molecule has 0 unspecified atom stereocenters. The molecule has 27 heavy (non-hydrogen) atoms. The van der Waals surface area contributed by atoms with Crippen LogP contribution in [0.25, 0.3) is 0 Å². The maximum atomic E-state index is 12.9. The minimum atomic E-state index is -3.53. The summed E-state index contributed by atoms with van der Waals surface area (Å²) >= 11 is 5.91. The Morgan fingerprint density at radius 2 is 1.81 bits per heavy atom. The van der Waals surface area contributed by atoms with E-state index in [1.54, 1.807) is 6.92 Å². The van der Waals surface area contributed by atoms with Gasteiger partial charge in [0.25, 0.3) is 5.91 Å². The molecule has 0 aliphatic rings. The summed E-state index contributed by atoms with van der Waals surface area (Å²) in [7, 11) is -3.53. The van der Waals surface area contributed by atoms with Gasteiger partial charge in [-0.25, -0.2) is 17.6 Å². The van der Waals surface area contributed by atoms with Gasteiger partial charge in [-0.1, -0.05) is 23.7 Å². The van der Waals surface area contributed by atoms with Crippen molar-refractivity contribution in [2.45, 2.75) is 17.9 Å². The minimum absolute atomic E-state index is 0.00693. The van der Waals surface area contributed by atoms with E-state index in [-0.39, 0.29) is 21.3 Å². The van der Waals surface area contributed by atoms with Gasteiger partial charge in [-0.15, -0.1) is 0 Å². The van der Waals surface area contributed by atoms with Crippen molar-refractivity contribution in [3.8, 4) is 0 Å². The van der Waals surface area contributed by atoms with Crippen molar-refractivity contribution >= 4 is 33.3 Å². The van der Waals surface area contributed by atoms with Gasteiger partial charge in [0.2, 0.25) is 0 Å². The molecule has 0 radical (unpaired) electrons. The third-order valence-corrected chi connectivity index (χ3v) is 5.11. The Kier molecular flexibility index (Phi) is 6.56. The molecule has 0 aliphatic carbocycles. The summed E-state index contributed by atoms with van der Waals surface area (Å²) in [5.74, 6) is -1.88. The summed E-state index contributed by atoms with van der Waals surface area (Å²) in [5.41, 5.74) is 0.527. The minimum Gasteiger partial charge on any atom is -0.452 e. The number of carbonyl (C=O) groups is 2. The highest BCUT2D eigenvalue weighted by molar-refractivity contribution is 7.90. The van der Waals surface area contributed by atoms with E-state index in [9.17, 15) is 22.4 Å². The number of rotatable bonds is 6.